The third kappa shape index (κ3) is 2.75. The number of benzene rings is 1. The molecule has 0 amide bonds. The van der Waals surface area contributed by atoms with Crippen molar-refractivity contribution in [3.8, 4) is 0 Å². The van der Waals surface area contributed by atoms with Gasteiger partial charge in [-0.3, -0.25) is 0 Å². The molecule has 2 aromatic rings. The van der Waals surface area contributed by atoms with Gasteiger partial charge in [-0.2, -0.15) is 11.8 Å². The fraction of sp³-hybridized carbons (Fsp3) is 0.417. The first kappa shape index (κ1) is 12.7. The Kier molecular flexibility index (Phi) is 4.29. The summed E-state index contributed by atoms with van der Waals surface area (Å²) in [7, 11) is 0. The molecule has 92 valence electrons. The first-order valence-corrected chi connectivity index (χ1v) is 7.38. The van der Waals surface area contributed by atoms with Crippen molar-refractivity contribution in [3.63, 3.8) is 0 Å². The number of nitrogens with zero attached hydrogens (tertiary/aromatic N) is 2. The largest absolute Gasteiger partial charge is 0.327 e. The molecule has 0 spiro atoms. The van der Waals surface area contributed by atoms with Crippen LogP contribution >= 0.6 is 23.4 Å². The van der Waals surface area contributed by atoms with Crippen LogP contribution in [0.3, 0.4) is 0 Å². The summed E-state index contributed by atoms with van der Waals surface area (Å²) in [5.74, 6) is 2.24. The predicted octanol–water partition coefficient (Wildman–Crippen LogP) is 3.32. The lowest BCUT2D eigenvalue weighted by molar-refractivity contribution is 0.629. The van der Waals surface area contributed by atoms with E-state index < -0.39 is 0 Å². The number of halogens is 2. The van der Waals surface area contributed by atoms with E-state index in [0.29, 0.717) is 17.8 Å². The summed E-state index contributed by atoms with van der Waals surface area (Å²) in [4.78, 5) is 4.45. The second-order valence-corrected chi connectivity index (χ2v) is 5.11. The van der Waals surface area contributed by atoms with Crippen molar-refractivity contribution in [2.45, 2.75) is 13.0 Å². The number of aromatic nitrogens is 2. The van der Waals surface area contributed by atoms with Gasteiger partial charge in [0.25, 0.3) is 0 Å². The van der Waals surface area contributed by atoms with Crippen molar-refractivity contribution in [3.05, 3.63) is 29.8 Å². The highest BCUT2D eigenvalue weighted by molar-refractivity contribution is 7.98. The zero-order chi connectivity index (χ0) is 12.3. The van der Waals surface area contributed by atoms with Crippen molar-refractivity contribution < 1.29 is 4.39 Å². The van der Waals surface area contributed by atoms with Crippen molar-refractivity contribution in [1.82, 2.24) is 9.55 Å². The number of hydrogen-bond acceptors (Lipinski definition) is 2. The summed E-state index contributed by atoms with van der Waals surface area (Å²) >= 11 is 7.55. The number of alkyl halides is 1. The predicted molar refractivity (Wildman–Crippen MR) is 72.5 cm³/mol. The Bertz CT molecular complexity index is 512. The Hall–Kier alpha value is -0.740. The van der Waals surface area contributed by atoms with E-state index in [9.17, 15) is 4.39 Å². The molecule has 1 aromatic heterocycles. The molecule has 0 aliphatic carbocycles. The Balaban J connectivity index is 2.46. The molecule has 0 bridgehead atoms. The van der Waals surface area contributed by atoms with Gasteiger partial charge in [-0.1, -0.05) is 0 Å². The van der Waals surface area contributed by atoms with Crippen LogP contribution in [0.25, 0.3) is 11.0 Å². The quantitative estimate of drug-likeness (QED) is 0.777. The van der Waals surface area contributed by atoms with Crippen LogP contribution in [0.5, 0.6) is 0 Å². The van der Waals surface area contributed by atoms with Gasteiger partial charge in [0.2, 0.25) is 0 Å². The number of rotatable bonds is 5. The number of fused-ring (bicyclic) bond motifs is 1. The normalized spacial score (nSPS) is 11.2. The van der Waals surface area contributed by atoms with Crippen LogP contribution in [0.1, 0.15) is 5.82 Å². The van der Waals surface area contributed by atoms with E-state index in [1.807, 2.05) is 0 Å². The van der Waals surface area contributed by atoms with E-state index in [2.05, 4.69) is 15.8 Å². The van der Waals surface area contributed by atoms with Gasteiger partial charge in [-0.25, -0.2) is 9.37 Å². The van der Waals surface area contributed by atoms with Crippen molar-refractivity contribution in [1.29, 1.82) is 0 Å². The molecular formula is C12H14ClFN2S. The van der Waals surface area contributed by atoms with Gasteiger partial charge in [-0.15, -0.1) is 11.6 Å². The second-order valence-electron chi connectivity index (χ2n) is 3.74. The van der Waals surface area contributed by atoms with Crippen LogP contribution < -0.4 is 0 Å². The number of aryl methyl sites for hydroxylation is 2. The molecule has 0 atom stereocenters. The molecule has 1 heterocycles. The lowest BCUT2D eigenvalue weighted by Gasteiger charge is -2.06. The van der Waals surface area contributed by atoms with Crippen molar-refractivity contribution in [2.75, 3.05) is 17.9 Å². The Morgan fingerprint density at radius 2 is 2.29 bits per heavy atom. The third-order valence-electron chi connectivity index (χ3n) is 2.63. The molecule has 2 rings (SSSR count). The average molecular weight is 273 g/mol. The highest BCUT2D eigenvalue weighted by Crippen LogP contribution is 2.18. The topological polar surface area (TPSA) is 17.8 Å². The van der Waals surface area contributed by atoms with E-state index in [0.717, 1.165) is 23.6 Å². The SMILES string of the molecule is CSCCn1c(CCCl)nc2cc(F)ccc21. The lowest BCUT2D eigenvalue weighted by Crippen LogP contribution is -2.06. The molecule has 0 fully saturated rings. The summed E-state index contributed by atoms with van der Waals surface area (Å²) in [6.07, 6.45) is 2.78. The molecule has 0 saturated heterocycles. The highest BCUT2D eigenvalue weighted by atomic mass is 35.5. The standard InChI is InChI=1S/C12H14ClFN2S/c1-17-7-6-16-11-3-2-9(14)8-10(11)15-12(16)4-5-13/h2-3,8H,4-7H2,1H3. The van der Waals surface area contributed by atoms with Crippen LogP contribution in [0, 0.1) is 5.82 Å². The summed E-state index contributed by atoms with van der Waals surface area (Å²) in [5.41, 5.74) is 1.70. The van der Waals surface area contributed by atoms with Gasteiger partial charge in [-0.05, 0) is 18.4 Å². The van der Waals surface area contributed by atoms with Crippen LogP contribution in [-0.2, 0) is 13.0 Å². The minimum atomic E-state index is -0.246. The van der Waals surface area contributed by atoms with Crippen LogP contribution in [-0.4, -0.2) is 27.4 Å². The van der Waals surface area contributed by atoms with Gasteiger partial charge < -0.3 is 4.57 Å². The zero-order valence-corrected chi connectivity index (χ0v) is 11.2. The molecule has 0 unspecified atom stereocenters. The Morgan fingerprint density at radius 1 is 1.47 bits per heavy atom. The van der Waals surface area contributed by atoms with Crippen LogP contribution in [0.4, 0.5) is 4.39 Å². The smallest absolute Gasteiger partial charge is 0.125 e. The molecule has 0 saturated carbocycles. The minimum absolute atomic E-state index is 0.246. The van der Waals surface area contributed by atoms with Gasteiger partial charge in [0.1, 0.15) is 11.6 Å². The Labute approximate surface area is 109 Å². The van der Waals surface area contributed by atoms with Crippen LogP contribution in [0.2, 0.25) is 0 Å². The monoisotopic (exact) mass is 272 g/mol. The maximum Gasteiger partial charge on any atom is 0.125 e. The molecule has 5 heteroatoms. The second kappa shape index (κ2) is 5.74. The lowest BCUT2D eigenvalue weighted by atomic mass is 10.3. The maximum atomic E-state index is 13.1. The van der Waals surface area contributed by atoms with E-state index in [-0.39, 0.29) is 5.82 Å². The fourth-order valence-electron chi connectivity index (χ4n) is 1.86. The van der Waals surface area contributed by atoms with Gasteiger partial charge in [0.05, 0.1) is 11.0 Å². The summed E-state index contributed by atoms with van der Waals surface area (Å²) in [6.45, 7) is 0.884. The van der Waals surface area contributed by atoms with E-state index in [4.69, 9.17) is 11.6 Å². The zero-order valence-electron chi connectivity index (χ0n) is 9.62. The van der Waals surface area contributed by atoms with Crippen molar-refractivity contribution >= 4 is 34.4 Å². The maximum absolute atomic E-state index is 13.1. The van der Waals surface area contributed by atoms with Gasteiger partial charge >= 0.3 is 0 Å². The van der Waals surface area contributed by atoms with E-state index in [1.165, 1.54) is 12.1 Å². The Morgan fingerprint density at radius 3 is 3.00 bits per heavy atom. The molecule has 0 N–H and O–H groups in total. The number of hydrogen-bond donors (Lipinski definition) is 0. The average Bonchev–Trinajstić information content (AvgIpc) is 2.63. The van der Waals surface area contributed by atoms with E-state index in [1.54, 1.807) is 17.8 Å². The summed E-state index contributed by atoms with van der Waals surface area (Å²) in [5, 5.41) is 0. The molecule has 17 heavy (non-hydrogen) atoms. The summed E-state index contributed by atoms with van der Waals surface area (Å²) < 4.78 is 15.3. The van der Waals surface area contributed by atoms with Crippen LogP contribution in [0.15, 0.2) is 18.2 Å². The number of imidazole rings is 1. The fourth-order valence-corrected chi connectivity index (χ4v) is 2.39. The van der Waals surface area contributed by atoms with Gasteiger partial charge in [0.15, 0.2) is 0 Å². The number of thioether (sulfide) groups is 1. The first-order chi connectivity index (χ1) is 8.26. The molecular weight excluding hydrogens is 259 g/mol. The van der Waals surface area contributed by atoms with Gasteiger partial charge in [0, 0.05) is 30.7 Å². The molecule has 2 nitrogen and oxygen atoms in total. The molecule has 1 aromatic carbocycles. The highest BCUT2D eigenvalue weighted by Gasteiger charge is 2.10. The molecule has 0 aliphatic rings. The van der Waals surface area contributed by atoms with E-state index >= 15 is 0 Å². The summed E-state index contributed by atoms with van der Waals surface area (Å²) in [6, 6.07) is 4.74. The third-order valence-corrected chi connectivity index (χ3v) is 3.41. The first-order valence-electron chi connectivity index (χ1n) is 5.46. The van der Waals surface area contributed by atoms with Crippen molar-refractivity contribution in [2.24, 2.45) is 0 Å². The minimum Gasteiger partial charge on any atom is -0.327 e. The molecule has 0 radical (unpaired) electrons. The molecule has 0 aliphatic heterocycles.